The molecule has 0 aliphatic rings. The van der Waals surface area contributed by atoms with Crippen molar-refractivity contribution in [3.63, 3.8) is 0 Å². The molecule has 0 fully saturated rings. The molecule has 20 heavy (non-hydrogen) atoms. The second-order valence-electron chi connectivity index (χ2n) is 4.07. The van der Waals surface area contributed by atoms with Gasteiger partial charge in [0.15, 0.2) is 11.5 Å². The second kappa shape index (κ2) is 6.21. The zero-order valence-corrected chi connectivity index (χ0v) is 11.6. The van der Waals surface area contributed by atoms with Crippen molar-refractivity contribution in [1.29, 1.82) is 0 Å². The third-order valence-corrected chi connectivity index (χ3v) is 3.48. The number of anilines is 1. The molecule has 0 spiro atoms. The van der Waals surface area contributed by atoms with Crippen LogP contribution in [0.3, 0.4) is 0 Å². The molecular formula is C14H13NO4S. The number of benzene rings is 1. The highest BCUT2D eigenvalue weighted by Crippen LogP contribution is 2.24. The summed E-state index contributed by atoms with van der Waals surface area (Å²) in [7, 11) is 0. The van der Waals surface area contributed by atoms with E-state index in [1.807, 2.05) is 25.1 Å². The molecule has 2 N–H and O–H groups in total. The Bertz CT molecular complexity index is 636. The molecule has 2 rings (SSSR count). The number of aryl methyl sites for hydroxylation is 1. The lowest BCUT2D eigenvalue weighted by Crippen LogP contribution is -2.21. The average Bonchev–Trinajstić information content (AvgIpc) is 2.88. The predicted octanol–water partition coefficient (Wildman–Crippen LogP) is 2.77. The highest BCUT2D eigenvalue weighted by Gasteiger charge is 2.14. The molecule has 1 heterocycles. The van der Waals surface area contributed by atoms with Gasteiger partial charge < -0.3 is 15.2 Å². The number of para-hydroxylation sites is 1. The lowest BCUT2D eigenvalue weighted by molar-refractivity contribution is -0.118. The van der Waals surface area contributed by atoms with Crippen LogP contribution in [0.1, 0.15) is 15.2 Å². The minimum Gasteiger partial charge on any atom is -0.482 e. The van der Waals surface area contributed by atoms with Gasteiger partial charge in [-0.25, -0.2) is 4.79 Å². The monoisotopic (exact) mass is 291 g/mol. The number of hydrogen-bond donors (Lipinski definition) is 2. The largest absolute Gasteiger partial charge is 0.482 e. The van der Waals surface area contributed by atoms with E-state index in [1.165, 1.54) is 6.07 Å². The van der Waals surface area contributed by atoms with Crippen LogP contribution in [-0.2, 0) is 4.79 Å². The maximum absolute atomic E-state index is 11.8. The Balaban J connectivity index is 1.94. The number of nitrogens with one attached hydrogen (secondary N) is 1. The van der Waals surface area contributed by atoms with Gasteiger partial charge in [-0.3, -0.25) is 4.79 Å². The highest BCUT2D eigenvalue weighted by molar-refractivity contribution is 7.12. The molecule has 0 saturated heterocycles. The maximum atomic E-state index is 11.8. The van der Waals surface area contributed by atoms with Gasteiger partial charge in [-0.05, 0) is 30.0 Å². The standard InChI is InChI=1S/C14H13NO4S/c1-9-4-2-3-5-10(9)15-12(16)8-19-11-6-7-20-13(11)14(17)18/h2-7H,8H2,1H3,(H,15,16)(H,17,18). The number of aromatic carboxylic acids is 1. The molecule has 6 heteroatoms. The number of carbonyl (C=O) groups excluding carboxylic acids is 1. The fraction of sp³-hybridized carbons (Fsp3) is 0.143. The summed E-state index contributed by atoms with van der Waals surface area (Å²) in [6.07, 6.45) is 0. The summed E-state index contributed by atoms with van der Waals surface area (Å²) >= 11 is 1.06. The Kier molecular flexibility index (Phi) is 4.37. The van der Waals surface area contributed by atoms with E-state index in [2.05, 4.69) is 5.32 Å². The minimum absolute atomic E-state index is 0.0914. The van der Waals surface area contributed by atoms with Crippen LogP contribution in [0.25, 0.3) is 0 Å². The minimum atomic E-state index is -1.06. The van der Waals surface area contributed by atoms with E-state index in [0.717, 1.165) is 16.9 Å². The summed E-state index contributed by atoms with van der Waals surface area (Å²) in [6.45, 7) is 1.66. The van der Waals surface area contributed by atoms with Gasteiger partial charge >= 0.3 is 5.97 Å². The van der Waals surface area contributed by atoms with Crippen molar-refractivity contribution in [2.45, 2.75) is 6.92 Å². The van der Waals surface area contributed by atoms with Crippen molar-refractivity contribution in [3.05, 3.63) is 46.2 Å². The van der Waals surface area contributed by atoms with Gasteiger partial charge in [-0.15, -0.1) is 11.3 Å². The topological polar surface area (TPSA) is 75.6 Å². The molecule has 0 bridgehead atoms. The summed E-state index contributed by atoms with van der Waals surface area (Å²) < 4.78 is 5.23. The van der Waals surface area contributed by atoms with Crippen molar-refractivity contribution in [2.75, 3.05) is 11.9 Å². The molecule has 1 amide bonds. The number of carboxylic acid groups (broad SMARTS) is 1. The van der Waals surface area contributed by atoms with Crippen molar-refractivity contribution in [3.8, 4) is 5.75 Å². The Morgan fingerprint density at radius 1 is 1.30 bits per heavy atom. The summed E-state index contributed by atoms with van der Waals surface area (Å²) in [5.74, 6) is -1.18. The molecule has 0 aliphatic carbocycles. The molecule has 0 saturated carbocycles. The number of carbonyl (C=O) groups is 2. The average molecular weight is 291 g/mol. The lowest BCUT2D eigenvalue weighted by atomic mass is 10.2. The van der Waals surface area contributed by atoms with Crippen LogP contribution in [0.2, 0.25) is 0 Å². The van der Waals surface area contributed by atoms with Gasteiger partial charge in [0.05, 0.1) is 0 Å². The number of ether oxygens (including phenoxy) is 1. The van der Waals surface area contributed by atoms with Gasteiger partial charge in [-0.1, -0.05) is 18.2 Å². The Labute approximate surface area is 119 Å². The molecule has 1 aromatic carbocycles. The lowest BCUT2D eigenvalue weighted by Gasteiger charge is -2.09. The van der Waals surface area contributed by atoms with Gasteiger partial charge in [0.25, 0.3) is 5.91 Å². The van der Waals surface area contributed by atoms with E-state index in [4.69, 9.17) is 9.84 Å². The first-order chi connectivity index (χ1) is 9.58. The molecule has 5 nitrogen and oxygen atoms in total. The molecule has 0 unspecified atom stereocenters. The van der Waals surface area contributed by atoms with Gasteiger partial charge in [0, 0.05) is 5.69 Å². The smallest absolute Gasteiger partial charge is 0.349 e. The quantitative estimate of drug-likeness (QED) is 0.888. The summed E-state index contributed by atoms with van der Waals surface area (Å²) in [5, 5.41) is 13.2. The Hall–Kier alpha value is -2.34. The van der Waals surface area contributed by atoms with E-state index >= 15 is 0 Å². The third kappa shape index (κ3) is 3.36. The Morgan fingerprint density at radius 3 is 2.75 bits per heavy atom. The van der Waals surface area contributed by atoms with Crippen LogP contribution in [0.15, 0.2) is 35.7 Å². The van der Waals surface area contributed by atoms with Crippen LogP contribution in [0.5, 0.6) is 5.75 Å². The van der Waals surface area contributed by atoms with Crippen molar-refractivity contribution in [1.82, 2.24) is 0 Å². The fourth-order valence-corrected chi connectivity index (χ4v) is 2.28. The van der Waals surface area contributed by atoms with E-state index in [9.17, 15) is 9.59 Å². The SMILES string of the molecule is Cc1ccccc1NC(=O)COc1ccsc1C(=O)O. The molecule has 0 aliphatic heterocycles. The van der Waals surface area contributed by atoms with Gasteiger partial charge in [0.1, 0.15) is 5.75 Å². The molecule has 2 aromatic rings. The van der Waals surface area contributed by atoms with Crippen LogP contribution < -0.4 is 10.1 Å². The van der Waals surface area contributed by atoms with Crippen molar-refractivity contribution >= 4 is 28.9 Å². The van der Waals surface area contributed by atoms with E-state index in [-0.39, 0.29) is 23.1 Å². The van der Waals surface area contributed by atoms with Crippen molar-refractivity contribution in [2.24, 2.45) is 0 Å². The van der Waals surface area contributed by atoms with Crippen LogP contribution in [-0.4, -0.2) is 23.6 Å². The van der Waals surface area contributed by atoms with E-state index in [0.29, 0.717) is 5.69 Å². The van der Waals surface area contributed by atoms with Gasteiger partial charge in [-0.2, -0.15) is 0 Å². The van der Waals surface area contributed by atoms with Crippen LogP contribution >= 0.6 is 11.3 Å². The van der Waals surface area contributed by atoms with E-state index in [1.54, 1.807) is 11.4 Å². The molecule has 0 atom stereocenters. The number of thiophene rings is 1. The van der Waals surface area contributed by atoms with Crippen molar-refractivity contribution < 1.29 is 19.4 Å². The molecular weight excluding hydrogens is 278 g/mol. The number of rotatable bonds is 5. The Morgan fingerprint density at radius 2 is 2.05 bits per heavy atom. The number of hydrogen-bond acceptors (Lipinski definition) is 4. The first-order valence-electron chi connectivity index (χ1n) is 5.87. The normalized spacial score (nSPS) is 10.1. The maximum Gasteiger partial charge on any atom is 0.349 e. The van der Waals surface area contributed by atoms with Crippen LogP contribution in [0, 0.1) is 6.92 Å². The van der Waals surface area contributed by atoms with E-state index < -0.39 is 5.97 Å². The number of amides is 1. The first kappa shape index (κ1) is 14.1. The summed E-state index contributed by atoms with van der Waals surface area (Å²) in [5.41, 5.74) is 1.66. The predicted molar refractivity (Wildman–Crippen MR) is 76.6 cm³/mol. The molecule has 0 radical (unpaired) electrons. The summed E-state index contributed by atoms with van der Waals surface area (Å²) in [4.78, 5) is 22.7. The highest BCUT2D eigenvalue weighted by atomic mass is 32.1. The zero-order chi connectivity index (χ0) is 14.5. The molecule has 1 aromatic heterocycles. The van der Waals surface area contributed by atoms with Crippen LogP contribution in [0.4, 0.5) is 5.69 Å². The second-order valence-corrected chi connectivity index (χ2v) is 4.99. The van der Waals surface area contributed by atoms with Gasteiger partial charge in [0.2, 0.25) is 0 Å². The number of carboxylic acids is 1. The summed E-state index contributed by atoms with van der Waals surface area (Å²) in [6, 6.07) is 8.92. The third-order valence-electron chi connectivity index (χ3n) is 2.60. The first-order valence-corrected chi connectivity index (χ1v) is 6.75. The zero-order valence-electron chi connectivity index (χ0n) is 10.8. The molecule has 104 valence electrons. The fourth-order valence-electron chi connectivity index (χ4n) is 1.61.